The van der Waals surface area contributed by atoms with Crippen molar-refractivity contribution < 1.29 is 0 Å². The predicted octanol–water partition coefficient (Wildman–Crippen LogP) is 6.93. The second-order valence-electron chi connectivity index (χ2n) is 7.32. The van der Waals surface area contributed by atoms with Gasteiger partial charge in [0, 0.05) is 0 Å². The first-order valence-electron chi connectivity index (χ1n) is 9.73. The molecule has 4 aromatic carbocycles. The van der Waals surface area contributed by atoms with E-state index < -0.39 is 0 Å². The number of benzene rings is 4. The van der Waals surface area contributed by atoms with E-state index in [2.05, 4.69) is 109 Å². The molecule has 6 rings (SSSR count). The van der Waals surface area contributed by atoms with E-state index in [1.165, 1.54) is 55.7 Å². The Morgan fingerprint density at radius 1 is 0.250 bits per heavy atom. The van der Waals surface area contributed by atoms with Gasteiger partial charge in [0.15, 0.2) is 0 Å². The minimum absolute atomic E-state index is 1.28. The number of rotatable bonds is 2. The van der Waals surface area contributed by atoms with Crippen molar-refractivity contribution in [2.75, 3.05) is 0 Å². The van der Waals surface area contributed by atoms with Gasteiger partial charge in [0.2, 0.25) is 0 Å². The van der Waals surface area contributed by atoms with E-state index in [4.69, 9.17) is 0 Å². The Bertz CT molecular complexity index is 1170. The van der Waals surface area contributed by atoms with Gasteiger partial charge in [0.25, 0.3) is 0 Å². The first-order chi connectivity index (χ1) is 13.9. The van der Waals surface area contributed by atoms with Gasteiger partial charge in [-0.1, -0.05) is 109 Å². The van der Waals surface area contributed by atoms with E-state index in [0.29, 0.717) is 0 Å². The Morgan fingerprint density at radius 3 is 0.893 bits per heavy atom. The van der Waals surface area contributed by atoms with E-state index >= 15 is 0 Å². The summed E-state index contributed by atoms with van der Waals surface area (Å²) in [5.41, 5.74) is 13.4. The van der Waals surface area contributed by atoms with E-state index in [-0.39, 0.29) is 0 Å². The lowest BCUT2D eigenvalue weighted by Crippen LogP contribution is -1.91. The maximum absolute atomic E-state index is 2.27. The van der Waals surface area contributed by atoms with Gasteiger partial charge >= 0.3 is 0 Å². The van der Waals surface area contributed by atoms with Crippen LogP contribution in [0.15, 0.2) is 109 Å². The summed E-state index contributed by atoms with van der Waals surface area (Å²) in [7, 11) is 0. The van der Waals surface area contributed by atoms with Crippen LogP contribution in [0.4, 0.5) is 0 Å². The molecule has 0 nitrogen and oxygen atoms in total. The van der Waals surface area contributed by atoms with Crippen molar-refractivity contribution in [2.24, 2.45) is 0 Å². The molecule has 4 aromatic rings. The number of allylic oxidation sites excluding steroid dienone is 2. The van der Waals surface area contributed by atoms with Crippen LogP contribution in [0.1, 0.15) is 33.4 Å². The summed E-state index contributed by atoms with van der Waals surface area (Å²) in [5.74, 6) is 0. The Morgan fingerprint density at radius 2 is 0.536 bits per heavy atom. The molecule has 0 heterocycles. The molecular formula is C28H18. The molecular weight excluding hydrogens is 336 g/mol. The average molecular weight is 354 g/mol. The molecule has 0 saturated carbocycles. The molecule has 0 aromatic heterocycles. The second-order valence-corrected chi connectivity index (χ2v) is 7.32. The third kappa shape index (κ3) is 2.06. The highest BCUT2D eigenvalue weighted by atomic mass is 14.4. The minimum Gasteiger partial charge on any atom is -0.0622 e. The van der Waals surface area contributed by atoms with E-state index in [1.54, 1.807) is 0 Å². The Labute approximate surface area is 165 Å². The van der Waals surface area contributed by atoms with Gasteiger partial charge < -0.3 is 0 Å². The van der Waals surface area contributed by atoms with Crippen LogP contribution in [0.2, 0.25) is 0 Å². The van der Waals surface area contributed by atoms with Crippen molar-refractivity contribution in [1.82, 2.24) is 0 Å². The summed E-state index contributed by atoms with van der Waals surface area (Å²) < 4.78 is 0. The van der Waals surface area contributed by atoms with Crippen molar-refractivity contribution in [3.63, 3.8) is 0 Å². The molecule has 0 spiro atoms. The van der Waals surface area contributed by atoms with Crippen LogP contribution in [-0.4, -0.2) is 0 Å². The first-order valence-corrected chi connectivity index (χ1v) is 9.73. The van der Waals surface area contributed by atoms with E-state index in [9.17, 15) is 0 Å². The molecule has 0 heteroatoms. The molecule has 0 radical (unpaired) electrons. The summed E-state index contributed by atoms with van der Waals surface area (Å²) >= 11 is 0. The monoisotopic (exact) mass is 354 g/mol. The van der Waals surface area contributed by atoms with Gasteiger partial charge in [-0.25, -0.2) is 0 Å². The van der Waals surface area contributed by atoms with Crippen molar-refractivity contribution in [1.29, 1.82) is 0 Å². The highest BCUT2D eigenvalue weighted by Crippen LogP contribution is 2.58. The summed E-state index contributed by atoms with van der Waals surface area (Å²) in [6, 6.07) is 39.3. The van der Waals surface area contributed by atoms with Crippen molar-refractivity contribution in [2.45, 2.75) is 0 Å². The topological polar surface area (TPSA) is 0 Å². The molecule has 0 fully saturated rings. The molecule has 28 heavy (non-hydrogen) atoms. The normalized spacial score (nSPS) is 14.1. The quantitative estimate of drug-likeness (QED) is 0.366. The van der Waals surface area contributed by atoms with E-state index in [0.717, 1.165) is 0 Å². The fourth-order valence-corrected chi connectivity index (χ4v) is 4.71. The van der Waals surface area contributed by atoms with Crippen molar-refractivity contribution >= 4 is 22.3 Å². The molecule has 130 valence electrons. The second kappa shape index (κ2) is 5.94. The zero-order valence-corrected chi connectivity index (χ0v) is 15.4. The van der Waals surface area contributed by atoms with Crippen LogP contribution in [-0.2, 0) is 0 Å². The molecule has 0 atom stereocenters. The SMILES string of the molecule is c1ccc(C2=C3C(=C(c4ccccc4)c4ccccc43)c3ccccc32)cc1. The van der Waals surface area contributed by atoms with Gasteiger partial charge in [-0.3, -0.25) is 0 Å². The molecule has 0 saturated heterocycles. The van der Waals surface area contributed by atoms with Crippen molar-refractivity contribution in [3.05, 3.63) is 143 Å². The molecule has 0 aliphatic heterocycles. The molecule has 2 aliphatic carbocycles. The lowest BCUT2D eigenvalue weighted by molar-refractivity contribution is 1.52. The van der Waals surface area contributed by atoms with Crippen LogP contribution >= 0.6 is 0 Å². The fourth-order valence-electron chi connectivity index (χ4n) is 4.71. The Hall–Kier alpha value is -3.64. The first kappa shape index (κ1) is 15.4. The number of hydrogen-bond acceptors (Lipinski definition) is 0. The van der Waals surface area contributed by atoms with Gasteiger partial charge in [-0.05, 0) is 55.7 Å². The van der Waals surface area contributed by atoms with Crippen molar-refractivity contribution in [3.8, 4) is 0 Å². The third-order valence-corrected chi connectivity index (χ3v) is 5.81. The van der Waals surface area contributed by atoms with Crippen LogP contribution in [0, 0.1) is 0 Å². The van der Waals surface area contributed by atoms with Crippen LogP contribution in [0.25, 0.3) is 22.3 Å². The lowest BCUT2D eigenvalue weighted by Gasteiger charge is -2.11. The van der Waals surface area contributed by atoms with Crippen LogP contribution in [0.3, 0.4) is 0 Å². The minimum atomic E-state index is 1.28. The third-order valence-electron chi connectivity index (χ3n) is 5.81. The van der Waals surface area contributed by atoms with Gasteiger partial charge in [0.1, 0.15) is 0 Å². The fraction of sp³-hybridized carbons (Fsp3) is 0. The van der Waals surface area contributed by atoms with E-state index in [1.807, 2.05) is 0 Å². The summed E-state index contributed by atoms with van der Waals surface area (Å²) in [6.07, 6.45) is 0. The standard InChI is InChI=1S/C28H18/c1-3-11-19(12-4-1)25-21-15-7-9-17-23(21)28-26(20-13-5-2-6-14-20)22-16-8-10-18-24(22)27(25)28/h1-18H. The summed E-state index contributed by atoms with van der Waals surface area (Å²) in [4.78, 5) is 0. The Balaban J connectivity index is 1.79. The maximum atomic E-state index is 2.27. The smallest absolute Gasteiger partial charge is 0.000763 e. The maximum Gasteiger partial charge on any atom is -0.000763 e. The molecule has 0 N–H and O–H groups in total. The summed E-state index contributed by atoms with van der Waals surface area (Å²) in [6.45, 7) is 0. The zero-order valence-electron chi connectivity index (χ0n) is 15.4. The van der Waals surface area contributed by atoms with Crippen LogP contribution in [0.5, 0.6) is 0 Å². The number of hydrogen-bond donors (Lipinski definition) is 0. The predicted molar refractivity (Wildman–Crippen MR) is 118 cm³/mol. The Kier molecular flexibility index (Phi) is 3.27. The largest absolute Gasteiger partial charge is 0.0622 e. The molecule has 2 aliphatic rings. The highest BCUT2D eigenvalue weighted by Gasteiger charge is 2.36. The zero-order chi connectivity index (χ0) is 18.5. The average Bonchev–Trinajstić information content (AvgIpc) is 3.28. The van der Waals surface area contributed by atoms with Gasteiger partial charge in [0.05, 0.1) is 0 Å². The highest BCUT2D eigenvalue weighted by molar-refractivity contribution is 6.35. The van der Waals surface area contributed by atoms with Gasteiger partial charge in [-0.2, -0.15) is 0 Å². The number of fused-ring (bicyclic) bond motifs is 5. The molecule has 0 unspecified atom stereocenters. The van der Waals surface area contributed by atoms with Crippen LogP contribution < -0.4 is 0 Å². The molecule has 0 bridgehead atoms. The lowest BCUT2D eigenvalue weighted by atomic mass is 9.92. The van der Waals surface area contributed by atoms with Gasteiger partial charge in [-0.15, -0.1) is 0 Å². The molecule has 0 amide bonds. The summed E-state index contributed by atoms with van der Waals surface area (Å²) in [5, 5.41) is 0.